The van der Waals surface area contributed by atoms with E-state index in [4.69, 9.17) is 9.72 Å². The summed E-state index contributed by atoms with van der Waals surface area (Å²) in [5.74, 6) is -0.541. The Balaban J connectivity index is 1.36. The van der Waals surface area contributed by atoms with E-state index < -0.39 is 17.5 Å². The van der Waals surface area contributed by atoms with Crippen LogP contribution in [0.2, 0.25) is 0 Å². The molecule has 3 aromatic rings. The van der Waals surface area contributed by atoms with Crippen molar-refractivity contribution in [3.63, 3.8) is 0 Å². The van der Waals surface area contributed by atoms with Gasteiger partial charge in [0.05, 0.1) is 0 Å². The molecule has 1 aliphatic heterocycles. The molecule has 2 aliphatic rings. The number of carbonyl (C=O) groups is 2. The van der Waals surface area contributed by atoms with Crippen molar-refractivity contribution in [3.05, 3.63) is 58.3 Å². The quantitative estimate of drug-likeness (QED) is 0.315. The third-order valence-corrected chi connectivity index (χ3v) is 8.29. The second kappa shape index (κ2) is 10.3. The van der Waals surface area contributed by atoms with Crippen LogP contribution in [-0.2, 0) is 40.0 Å². The van der Waals surface area contributed by atoms with Gasteiger partial charge in [-0.05, 0) is 93.7 Å². The largest absolute Gasteiger partial charge is 0.458 e. The van der Waals surface area contributed by atoms with E-state index in [0.717, 1.165) is 73.2 Å². The van der Waals surface area contributed by atoms with Gasteiger partial charge in [-0.3, -0.25) is 14.6 Å². The van der Waals surface area contributed by atoms with E-state index in [1.54, 1.807) is 4.52 Å². The molecule has 0 bridgehead atoms. The van der Waals surface area contributed by atoms with E-state index in [9.17, 15) is 9.59 Å². The highest BCUT2D eigenvalue weighted by molar-refractivity contribution is 6.01. The Morgan fingerprint density at radius 1 is 1.00 bits per heavy atom. The number of esters is 1. The van der Waals surface area contributed by atoms with Crippen LogP contribution in [0.1, 0.15) is 86.4 Å². The second-order valence-electron chi connectivity index (χ2n) is 11.0. The zero-order valence-corrected chi connectivity index (χ0v) is 22.5. The molecule has 0 aromatic carbocycles. The van der Waals surface area contributed by atoms with Gasteiger partial charge < -0.3 is 4.74 Å². The Bertz CT molecular complexity index is 1280. The highest BCUT2D eigenvalue weighted by Gasteiger charge is 2.51. The molecule has 2 fully saturated rings. The van der Waals surface area contributed by atoms with E-state index in [1.807, 2.05) is 26.0 Å². The number of pyridine rings is 2. The monoisotopic (exact) mass is 502 g/mol. The summed E-state index contributed by atoms with van der Waals surface area (Å²) in [6.45, 7) is 8.23. The maximum absolute atomic E-state index is 13.6. The fraction of sp³-hybridized carbons (Fsp3) is 0.567. The van der Waals surface area contributed by atoms with Gasteiger partial charge in [-0.15, -0.1) is 0 Å². The first kappa shape index (κ1) is 25.6. The first-order valence-electron chi connectivity index (χ1n) is 13.9. The van der Waals surface area contributed by atoms with Crippen LogP contribution in [0.25, 0.3) is 5.65 Å². The Hall–Kier alpha value is -3.09. The SMILES string of the molecule is CCc1cc(CC[C@]2(C3CCCC3)CC(=O)C(Cc3nc4cc(C)cc(C)n4n3)C(=O)O2)cc(CC)n1. The van der Waals surface area contributed by atoms with E-state index >= 15 is 0 Å². The minimum Gasteiger partial charge on any atom is -0.458 e. The number of hydrogen-bond acceptors (Lipinski definition) is 6. The highest BCUT2D eigenvalue weighted by Crippen LogP contribution is 2.45. The number of ketones is 1. The minimum atomic E-state index is -0.840. The molecular formula is C30H38N4O3. The zero-order valence-electron chi connectivity index (χ0n) is 22.5. The van der Waals surface area contributed by atoms with E-state index in [-0.39, 0.29) is 24.5 Å². The standard InChI is InChI=1S/C30H38N4O3/c1-5-23-15-21(16-24(6-2)31-23)11-12-30(22-9-7-8-10-22)18-26(35)25(29(36)37-30)17-27-32-28-14-19(3)13-20(4)34(28)33-27/h13-16,22,25H,5-12,17-18H2,1-4H3/t25?,30-/m1/s1. The Morgan fingerprint density at radius 3 is 2.35 bits per heavy atom. The summed E-state index contributed by atoms with van der Waals surface area (Å²) in [6.07, 6.45) is 7.96. The first-order chi connectivity index (χ1) is 17.8. The molecule has 37 heavy (non-hydrogen) atoms. The Morgan fingerprint density at radius 2 is 1.70 bits per heavy atom. The summed E-state index contributed by atoms with van der Waals surface area (Å²) in [6, 6.07) is 8.32. The van der Waals surface area contributed by atoms with Gasteiger partial charge in [0.1, 0.15) is 11.5 Å². The lowest BCUT2D eigenvalue weighted by molar-refractivity contribution is -0.185. The number of nitrogens with zero attached hydrogens (tertiary/aromatic N) is 4. The van der Waals surface area contributed by atoms with Gasteiger partial charge in [0.25, 0.3) is 0 Å². The number of carbonyl (C=O) groups excluding carboxylic acids is 2. The second-order valence-corrected chi connectivity index (χ2v) is 11.0. The third kappa shape index (κ3) is 5.18. The molecule has 7 heteroatoms. The molecule has 4 heterocycles. The number of hydrogen-bond donors (Lipinski definition) is 0. The molecule has 2 atom stereocenters. The van der Waals surface area contributed by atoms with Gasteiger partial charge in [-0.25, -0.2) is 9.50 Å². The van der Waals surface area contributed by atoms with Gasteiger partial charge >= 0.3 is 5.97 Å². The van der Waals surface area contributed by atoms with Crippen LogP contribution in [0.3, 0.4) is 0 Å². The fourth-order valence-electron chi connectivity index (χ4n) is 6.29. The van der Waals surface area contributed by atoms with Crippen LogP contribution in [0.15, 0.2) is 24.3 Å². The van der Waals surface area contributed by atoms with Crippen molar-refractivity contribution in [1.82, 2.24) is 19.6 Å². The molecule has 0 amide bonds. The lowest BCUT2D eigenvalue weighted by atomic mass is 9.73. The van der Waals surface area contributed by atoms with Crippen LogP contribution < -0.4 is 0 Å². The van der Waals surface area contributed by atoms with Gasteiger partial charge in [0, 0.05) is 29.9 Å². The van der Waals surface area contributed by atoms with Crippen molar-refractivity contribution in [2.24, 2.45) is 11.8 Å². The summed E-state index contributed by atoms with van der Waals surface area (Å²) in [5.41, 5.74) is 5.48. The van der Waals surface area contributed by atoms with Crippen molar-refractivity contribution in [2.75, 3.05) is 0 Å². The predicted octanol–water partition coefficient (Wildman–Crippen LogP) is 5.10. The van der Waals surface area contributed by atoms with E-state index in [2.05, 4.69) is 36.1 Å². The molecule has 0 spiro atoms. The number of rotatable bonds is 8. The third-order valence-electron chi connectivity index (χ3n) is 8.29. The normalized spacial score (nSPS) is 22.6. The van der Waals surface area contributed by atoms with Crippen LogP contribution >= 0.6 is 0 Å². The topological polar surface area (TPSA) is 86.5 Å². The summed E-state index contributed by atoms with van der Waals surface area (Å²) < 4.78 is 8.10. The van der Waals surface area contributed by atoms with E-state index in [0.29, 0.717) is 12.2 Å². The molecule has 1 aliphatic carbocycles. The summed E-state index contributed by atoms with van der Waals surface area (Å²) in [4.78, 5) is 36.3. The average Bonchev–Trinajstić information content (AvgIpc) is 3.55. The van der Waals surface area contributed by atoms with Crippen molar-refractivity contribution in [1.29, 1.82) is 0 Å². The lowest BCUT2D eigenvalue weighted by Gasteiger charge is -2.43. The average molecular weight is 503 g/mol. The van der Waals surface area contributed by atoms with Gasteiger partial charge in [0.2, 0.25) is 0 Å². The van der Waals surface area contributed by atoms with Gasteiger partial charge in [0.15, 0.2) is 17.3 Å². The van der Waals surface area contributed by atoms with Crippen LogP contribution in [0.5, 0.6) is 0 Å². The number of aromatic nitrogens is 4. The molecule has 7 nitrogen and oxygen atoms in total. The van der Waals surface area contributed by atoms with Crippen molar-refractivity contribution in [3.8, 4) is 0 Å². The Labute approximate surface area is 219 Å². The molecule has 196 valence electrons. The molecule has 1 saturated heterocycles. The minimum absolute atomic E-state index is 0.0341. The first-order valence-corrected chi connectivity index (χ1v) is 13.9. The smallest absolute Gasteiger partial charge is 0.317 e. The van der Waals surface area contributed by atoms with Crippen molar-refractivity contribution < 1.29 is 14.3 Å². The number of ether oxygens (including phenoxy) is 1. The molecule has 1 unspecified atom stereocenters. The molecule has 0 radical (unpaired) electrons. The molecule has 0 N–H and O–H groups in total. The van der Waals surface area contributed by atoms with Crippen LogP contribution in [-0.4, -0.2) is 36.9 Å². The van der Waals surface area contributed by atoms with Crippen LogP contribution in [0, 0.1) is 25.7 Å². The number of Topliss-reactive ketones (excluding diaryl/α,β-unsaturated/α-hetero) is 1. The molecule has 1 saturated carbocycles. The Kier molecular flexibility index (Phi) is 7.15. The predicted molar refractivity (Wildman–Crippen MR) is 141 cm³/mol. The summed E-state index contributed by atoms with van der Waals surface area (Å²) >= 11 is 0. The summed E-state index contributed by atoms with van der Waals surface area (Å²) in [5, 5.41) is 4.58. The lowest BCUT2D eigenvalue weighted by Crippen LogP contribution is -2.52. The maximum Gasteiger partial charge on any atom is 0.317 e. The number of cyclic esters (lactones) is 1. The highest BCUT2D eigenvalue weighted by atomic mass is 16.6. The number of fused-ring (bicyclic) bond motifs is 1. The van der Waals surface area contributed by atoms with Crippen molar-refractivity contribution in [2.45, 2.75) is 97.5 Å². The molecule has 5 rings (SSSR count). The van der Waals surface area contributed by atoms with Gasteiger partial charge in [-0.2, -0.15) is 5.10 Å². The summed E-state index contributed by atoms with van der Waals surface area (Å²) in [7, 11) is 0. The molecular weight excluding hydrogens is 464 g/mol. The van der Waals surface area contributed by atoms with Crippen molar-refractivity contribution >= 4 is 17.4 Å². The zero-order chi connectivity index (χ0) is 26.2. The van der Waals surface area contributed by atoms with Gasteiger partial charge in [-0.1, -0.05) is 26.7 Å². The number of aryl methyl sites for hydroxylation is 5. The van der Waals surface area contributed by atoms with E-state index in [1.165, 1.54) is 5.56 Å². The fourth-order valence-corrected chi connectivity index (χ4v) is 6.29. The maximum atomic E-state index is 13.6. The van der Waals surface area contributed by atoms with Crippen LogP contribution in [0.4, 0.5) is 0 Å². The molecule has 3 aromatic heterocycles.